The lowest BCUT2D eigenvalue weighted by molar-refractivity contribution is 0.112. The van der Waals surface area contributed by atoms with E-state index in [4.69, 9.17) is 0 Å². The molecule has 2 aromatic rings. The summed E-state index contributed by atoms with van der Waals surface area (Å²) in [6.07, 6.45) is 2.57. The molecule has 70 valence electrons. The molecule has 14 heavy (non-hydrogen) atoms. The SMILES string of the molecule is Cc1nccc(-c2ccc(C=O)s2)n1. The third kappa shape index (κ3) is 1.70. The normalized spacial score (nSPS) is 10.1. The van der Waals surface area contributed by atoms with Gasteiger partial charge in [0, 0.05) is 6.20 Å². The monoisotopic (exact) mass is 204 g/mol. The van der Waals surface area contributed by atoms with E-state index < -0.39 is 0 Å². The van der Waals surface area contributed by atoms with Gasteiger partial charge in [-0.15, -0.1) is 11.3 Å². The van der Waals surface area contributed by atoms with Crippen LogP contribution in [0.15, 0.2) is 24.4 Å². The number of aromatic nitrogens is 2. The van der Waals surface area contributed by atoms with Gasteiger partial charge in [0.25, 0.3) is 0 Å². The van der Waals surface area contributed by atoms with E-state index in [9.17, 15) is 4.79 Å². The third-order valence-electron chi connectivity index (χ3n) is 1.77. The van der Waals surface area contributed by atoms with Crippen molar-refractivity contribution in [1.29, 1.82) is 0 Å². The Labute approximate surface area is 85.5 Å². The Morgan fingerprint density at radius 1 is 1.36 bits per heavy atom. The first-order chi connectivity index (χ1) is 6.79. The van der Waals surface area contributed by atoms with Crippen molar-refractivity contribution in [2.75, 3.05) is 0 Å². The molecule has 0 radical (unpaired) electrons. The van der Waals surface area contributed by atoms with Crippen molar-refractivity contribution >= 4 is 17.6 Å². The first kappa shape index (κ1) is 9.02. The fourth-order valence-corrected chi connectivity index (χ4v) is 1.94. The lowest BCUT2D eigenvalue weighted by atomic mass is 10.3. The second kappa shape index (κ2) is 3.67. The highest BCUT2D eigenvalue weighted by Crippen LogP contribution is 2.25. The van der Waals surface area contributed by atoms with Gasteiger partial charge in [0.05, 0.1) is 15.4 Å². The molecule has 0 unspecified atom stereocenters. The van der Waals surface area contributed by atoms with E-state index in [1.165, 1.54) is 11.3 Å². The van der Waals surface area contributed by atoms with E-state index in [2.05, 4.69) is 9.97 Å². The maximum atomic E-state index is 10.5. The van der Waals surface area contributed by atoms with Crippen LogP contribution in [0.2, 0.25) is 0 Å². The molecule has 2 rings (SSSR count). The Hall–Kier alpha value is -1.55. The van der Waals surface area contributed by atoms with Crippen LogP contribution in [0.4, 0.5) is 0 Å². The minimum atomic E-state index is 0.719. The zero-order chi connectivity index (χ0) is 9.97. The molecule has 0 amide bonds. The van der Waals surface area contributed by atoms with E-state index in [0.29, 0.717) is 0 Å². The molecule has 0 aliphatic rings. The summed E-state index contributed by atoms with van der Waals surface area (Å²) in [7, 11) is 0. The van der Waals surface area contributed by atoms with Gasteiger partial charge in [-0.25, -0.2) is 9.97 Å². The molecule has 2 aromatic heterocycles. The summed E-state index contributed by atoms with van der Waals surface area (Å²) in [4.78, 5) is 20.5. The van der Waals surface area contributed by atoms with Gasteiger partial charge in [-0.2, -0.15) is 0 Å². The number of hydrogen-bond acceptors (Lipinski definition) is 4. The van der Waals surface area contributed by atoms with Crippen LogP contribution in [0.3, 0.4) is 0 Å². The average molecular weight is 204 g/mol. The number of aryl methyl sites for hydroxylation is 1. The second-order valence-electron chi connectivity index (χ2n) is 2.81. The zero-order valence-electron chi connectivity index (χ0n) is 7.60. The van der Waals surface area contributed by atoms with Gasteiger partial charge >= 0.3 is 0 Å². The quantitative estimate of drug-likeness (QED) is 0.705. The Kier molecular flexibility index (Phi) is 2.37. The van der Waals surface area contributed by atoms with Crippen LogP contribution in [0.1, 0.15) is 15.5 Å². The Bertz CT molecular complexity index is 465. The van der Waals surface area contributed by atoms with Gasteiger partial charge in [0.2, 0.25) is 0 Å². The second-order valence-corrected chi connectivity index (χ2v) is 3.92. The molecular formula is C10H8N2OS. The number of carbonyl (C=O) groups is 1. The van der Waals surface area contributed by atoms with Gasteiger partial charge in [-0.3, -0.25) is 4.79 Å². The first-order valence-electron chi connectivity index (χ1n) is 4.14. The van der Waals surface area contributed by atoms with E-state index in [1.54, 1.807) is 12.3 Å². The molecule has 0 aliphatic heterocycles. The van der Waals surface area contributed by atoms with Crippen molar-refractivity contribution in [3.63, 3.8) is 0 Å². The maximum Gasteiger partial charge on any atom is 0.160 e. The topological polar surface area (TPSA) is 42.9 Å². The molecular weight excluding hydrogens is 196 g/mol. The highest BCUT2D eigenvalue weighted by molar-refractivity contribution is 7.17. The smallest absolute Gasteiger partial charge is 0.160 e. The molecule has 0 N–H and O–H groups in total. The van der Waals surface area contributed by atoms with Gasteiger partial charge in [0.1, 0.15) is 5.82 Å². The molecule has 3 nitrogen and oxygen atoms in total. The molecule has 0 spiro atoms. The minimum Gasteiger partial charge on any atom is -0.297 e. The number of hydrogen-bond donors (Lipinski definition) is 0. The molecule has 0 aromatic carbocycles. The summed E-state index contributed by atoms with van der Waals surface area (Å²) in [5.74, 6) is 0.739. The fourth-order valence-electron chi connectivity index (χ4n) is 1.15. The summed E-state index contributed by atoms with van der Waals surface area (Å²) < 4.78 is 0. The molecule has 2 heterocycles. The molecule has 0 saturated carbocycles. The van der Waals surface area contributed by atoms with Crippen LogP contribution in [-0.2, 0) is 0 Å². The van der Waals surface area contributed by atoms with Gasteiger partial charge < -0.3 is 0 Å². The van der Waals surface area contributed by atoms with Crippen LogP contribution in [-0.4, -0.2) is 16.3 Å². The Morgan fingerprint density at radius 2 is 2.21 bits per heavy atom. The summed E-state index contributed by atoms with van der Waals surface area (Å²) in [5.41, 5.74) is 0.871. The molecule has 4 heteroatoms. The zero-order valence-corrected chi connectivity index (χ0v) is 8.41. The highest BCUT2D eigenvalue weighted by atomic mass is 32.1. The van der Waals surface area contributed by atoms with Crippen molar-refractivity contribution in [1.82, 2.24) is 9.97 Å². The molecule has 0 fully saturated rings. The van der Waals surface area contributed by atoms with Gasteiger partial charge in [-0.05, 0) is 25.1 Å². The highest BCUT2D eigenvalue weighted by Gasteiger charge is 2.03. The molecule has 0 atom stereocenters. The summed E-state index contributed by atoms with van der Waals surface area (Å²) in [6.45, 7) is 1.84. The van der Waals surface area contributed by atoms with E-state index >= 15 is 0 Å². The number of aldehydes is 1. The molecule has 0 saturated heterocycles. The van der Waals surface area contributed by atoms with Crippen molar-refractivity contribution in [2.24, 2.45) is 0 Å². The first-order valence-corrected chi connectivity index (χ1v) is 4.96. The summed E-state index contributed by atoms with van der Waals surface area (Å²) in [5, 5.41) is 0. The van der Waals surface area contributed by atoms with Gasteiger partial charge in [0.15, 0.2) is 6.29 Å². The maximum absolute atomic E-state index is 10.5. The van der Waals surface area contributed by atoms with Crippen LogP contribution in [0.25, 0.3) is 10.6 Å². The number of rotatable bonds is 2. The predicted octanol–water partition coefficient (Wildman–Crippen LogP) is 2.33. The lowest BCUT2D eigenvalue weighted by Gasteiger charge is -1.96. The Morgan fingerprint density at radius 3 is 2.86 bits per heavy atom. The molecule has 0 aliphatic carbocycles. The van der Waals surface area contributed by atoms with Gasteiger partial charge in [-0.1, -0.05) is 0 Å². The predicted molar refractivity (Wildman–Crippen MR) is 55.5 cm³/mol. The van der Waals surface area contributed by atoms with E-state index in [-0.39, 0.29) is 0 Å². The van der Waals surface area contributed by atoms with Crippen LogP contribution in [0, 0.1) is 6.92 Å². The minimum absolute atomic E-state index is 0.719. The van der Waals surface area contributed by atoms with Crippen molar-refractivity contribution < 1.29 is 4.79 Å². The standard InChI is InChI=1S/C10H8N2OS/c1-7-11-5-4-9(12-7)10-3-2-8(6-13)14-10/h2-6H,1H3. The number of nitrogens with zero attached hydrogens (tertiary/aromatic N) is 2. The van der Waals surface area contributed by atoms with Crippen LogP contribution < -0.4 is 0 Å². The lowest BCUT2D eigenvalue weighted by Crippen LogP contribution is -1.87. The number of carbonyl (C=O) groups excluding carboxylic acids is 1. The fraction of sp³-hybridized carbons (Fsp3) is 0.100. The van der Waals surface area contributed by atoms with Crippen molar-refractivity contribution in [2.45, 2.75) is 6.92 Å². The van der Waals surface area contributed by atoms with Crippen molar-refractivity contribution in [3.8, 4) is 10.6 Å². The summed E-state index contributed by atoms with van der Waals surface area (Å²) in [6, 6.07) is 5.54. The average Bonchev–Trinajstić information content (AvgIpc) is 2.66. The summed E-state index contributed by atoms with van der Waals surface area (Å²) >= 11 is 1.44. The molecule has 0 bridgehead atoms. The number of thiophene rings is 1. The largest absolute Gasteiger partial charge is 0.297 e. The van der Waals surface area contributed by atoms with E-state index in [0.717, 1.165) is 27.6 Å². The van der Waals surface area contributed by atoms with Crippen LogP contribution in [0.5, 0.6) is 0 Å². The Balaban J connectivity index is 2.43. The van der Waals surface area contributed by atoms with E-state index in [1.807, 2.05) is 19.1 Å². The van der Waals surface area contributed by atoms with Crippen LogP contribution >= 0.6 is 11.3 Å². The van der Waals surface area contributed by atoms with Crippen molar-refractivity contribution in [3.05, 3.63) is 35.1 Å². The third-order valence-corrected chi connectivity index (χ3v) is 2.80.